The van der Waals surface area contributed by atoms with Crippen molar-refractivity contribution in [2.75, 3.05) is 11.9 Å². The van der Waals surface area contributed by atoms with Gasteiger partial charge in [-0.05, 0) is 39.8 Å². The van der Waals surface area contributed by atoms with Gasteiger partial charge in [0.1, 0.15) is 5.82 Å². The fourth-order valence-corrected chi connectivity index (χ4v) is 2.39. The highest BCUT2D eigenvalue weighted by Gasteiger charge is 2.45. The predicted molar refractivity (Wildman–Crippen MR) is 67.3 cm³/mol. The van der Waals surface area contributed by atoms with E-state index in [0.29, 0.717) is 10.4 Å². The molecule has 1 heterocycles. The van der Waals surface area contributed by atoms with Crippen molar-refractivity contribution >= 4 is 33.3 Å². The molecule has 1 aromatic heterocycles. The second-order valence-electron chi connectivity index (χ2n) is 4.75. The Labute approximate surface area is 104 Å². The summed E-state index contributed by atoms with van der Waals surface area (Å²) < 4.78 is 0.907. The molecule has 0 bridgehead atoms. The summed E-state index contributed by atoms with van der Waals surface area (Å²) in [6.45, 7) is 5.54. The minimum atomic E-state index is 0.495. The number of hydrogen-bond acceptors (Lipinski definition) is 2. The maximum Gasteiger partial charge on any atom is 0.144 e. The van der Waals surface area contributed by atoms with Crippen LogP contribution in [0.1, 0.15) is 20.3 Å². The van der Waals surface area contributed by atoms with Crippen LogP contribution >= 0.6 is 27.5 Å². The third kappa shape index (κ3) is 2.64. The molecule has 2 rings (SSSR count). The zero-order valence-electron chi connectivity index (χ0n) is 8.85. The normalized spacial score (nSPS) is 22.5. The summed E-state index contributed by atoms with van der Waals surface area (Å²) in [4.78, 5) is 4.24. The number of hydrogen-bond donors (Lipinski definition) is 1. The van der Waals surface area contributed by atoms with Gasteiger partial charge in [0.25, 0.3) is 0 Å². The van der Waals surface area contributed by atoms with Crippen molar-refractivity contribution in [2.45, 2.75) is 20.3 Å². The van der Waals surface area contributed by atoms with Gasteiger partial charge in [0, 0.05) is 17.2 Å². The third-order valence-corrected chi connectivity index (χ3v) is 3.76. The molecular weight excluding hydrogens is 275 g/mol. The standard InChI is InChI=1S/C11H14BrClN2/c1-11(2)4-7(11)5-14-10-9(13)3-8(12)6-15-10/h3,6-7H,4-5H2,1-2H3,(H,14,15). The highest BCUT2D eigenvalue weighted by molar-refractivity contribution is 9.10. The van der Waals surface area contributed by atoms with E-state index in [9.17, 15) is 0 Å². The molecule has 2 nitrogen and oxygen atoms in total. The molecular formula is C11H14BrClN2. The largest absolute Gasteiger partial charge is 0.369 e. The van der Waals surface area contributed by atoms with Gasteiger partial charge in [0.2, 0.25) is 0 Å². The van der Waals surface area contributed by atoms with Gasteiger partial charge in [-0.3, -0.25) is 0 Å². The number of halogens is 2. The van der Waals surface area contributed by atoms with Crippen molar-refractivity contribution in [3.8, 4) is 0 Å². The van der Waals surface area contributed by atoms with Crippen molar-refractivity contribution in [1.29, 1.82) is 0 Å². The van der Waals surface area contributed by atoms with Crippen LogP contribution < -0.4 is 5.32 Å². The summed E-state index contributed by atoms with van der Waals surface area (Å²) in [7, 11) is 0. The molecule has 82 valence electrons. The Balaban J connectivity index is 1.94. The molecule has 1 aromatic rings. The van der Waals surface area contributed by atoms with Crippen molar-refractivity contribution in [1.82, 2.24) is 4.98 Å². The van der Waals surface area contributed by atoms with Crippen LogP contribution in [0.3, 0.4) is 0 Å². The molecule has 0 aliphatic heterocycles. The Bertz CT molecular complexity index is 379. The Morgan fingerprint density at radius 3 is 2.87 bits per heavy atom. The Kier molecular flexibility index (Phi) is 2.95. The number of aromatic nitrogens is 1. The van der Waals surface area contributed by atoms with E-state index in [4.69, 9.17) is 11.6 Å². The van der Waals surface area contributed by atoms with Gasteiger partial charge in [0.05, 0.1) is 5.02 Å². The van der Waals surface area contributed by atoms with Crippen LogP contribution in [0.5, 0.6) is 0 Å². The second kappa shape index (κ2) is 3.95. The Morgan fingerprint density at radius 1 is 1.67 bits per heavy atom. The zero-order chi connectivity index (χ0) is 11.1. The van der Waals surface area contributed by atoms with Crippen molar-refractivity contribution < 1.29 is 0 Å². The first-order valence-corrected chi connectivity index (χ1v) is 6.21. The summed E-state index contributed by atoms with van der Waals surface area (Å²) in [6, 6.07) is 1.86. The molecule has 0 amide bonds. The van der Waals surface area contributed by atoms with Crippen molar-refractivity contribution in [2.24, 2.45) is 11.3 Å². The lowest BCUT2D eigenvalue weighted by molar-refractivity contribution is 0.573. The maximum atomic E-state index is 6.05. The van der Waals surface area contributed by atoms with Gasteiger partial charge in [-0.2, -0.15) is 0 Å². The molecule has 4 heteroatoms. The minimum Gasteiger partial charge on any atom is -0.369 e. The molecule has 1 saturated carbocycles. The van der Waals surface area contributed by atoms with Crippen LogP contribution in [0.25, 0.3) is 0 Å². The van der Waals surface area contributed by atoms with Gasteiger partial charge >= 0.3 is 0 Å². The fraction of sp³-hybridized carbons (Fsp3) is 0.545. The van der Waals surface area contributed by atoms with Crippen LogP contribution in [0.15, 0.2) is 16.7 Å². The lowest BCUT2D eigenvalue weighted by Crippen LogP contribution is -2.08. The first-order valence-electron chi connectivity index (χ1n) is 5.04. The van der Waals surface area contributed by atoms with Gasteiger partial charge in [-0.15, -0.1) is 0 Å². The number of nitrogens with one attached hydrogen (secondary N) is 1. The lowest BCUT2D eigenvalue weighted by Gasteiger charge is -2.08. The van der Waals surface area contributed by atoms with Crippen LogP contribution in [-0.4, -0.2) is 11.5 Å². The number of rotatable bonds is 3. The van der Waals surface area contributed by atoms with Crippen LogP contribution in [-0.2, 0) is 0 Å². The summed E-state index contributed by atoms with van der Waals surface area (Å²) in [5.41, 5.74) is 0.495. The van der Waals surface area contributed by atoms with E-state index < -0.39 is 0 Å². The average Bonchev–Trinajstić information content (AvgIpc) is 2.73. The number of nitrogens with zero attached hydrogens (tertiary/aromatic N) is 1. The molecule has 1 aliphatic rings. The molecule has 15 heavy (non-hydrogen) atoms. The van der Waals surface area contributed by atoms with E-state index in [1.165, 1.54) is 6.42 Å². The van der Waals surface area contributed by atoms with Crippen molar-refractivity contribution in [3.63, 3.8) is 0 Å². The van der Waals surface area contributed by atoms with Gasteiger partial charge in [0.15, 0.2) is 0 Å². The predicted octanol–water partition coefficient (Wildman–Crippen LogP) is 3.96. The summed E-state index contributed by atoms with van der Waals surface area (Å²) in [5, 5.41) is 3.96. The minimum absolute atomic E-state index is 0.495. The Hall–Kier alpha value is -0.280. The smallest absolute Gasteiger partial charge is 0.144 e. The van der Waals surface area contributed by atoms with Crippen molar-refractivity contribution in [3.05, 3.63) is 21.8 Å². The van der Waals surface area contributed by atoms with Gasteiger partial charge in [-0.25, -0.2) is 4.98 Å². The third-order valence-electron chi connectivity index (χ3n) is 3.04. The molecule has 0 radical (unpaired) electrons. The van der Waals surface area contributed by atoms with E-state index in [2.05, 4.69) is 40.1 Å². The highest BCUT2D eigenvalue weighted by Crippen LogP contribution is 2.51. The zero-order valence-corrected chi connectivity index (χ0v) is 11.2. The van der Waals surface area contributed by atoms with Crippen LogP contribution in [0.2, 0.25) is 5.02 Å². The van der Waals surface area contributed by atoms with E-state index >= 15 is 0 Å². The molecule has 0 aromatic carbocycles. The van der Waals surface area contributed by atoms with E-state index in [-0.39, 0.29) is 0 Å². The molecule has 0 spiro atoms. The van der Waals surface area contributed by atoms with Gasteiger partial charge < -0.3 is 5.32 Å². The number of anilines is 1. The highest BCUT2D eigenvalue weighted by atomic mass is 79.9. The molecule has 1 N–H and O–H groups in total. The SMILES string of the molecule is CC1(C)CC1CNc1ncc(Br)cc1Cl. The molecule has 1 fully saturated rings. The van der Waals surface area contributed by atoms with Crippen LogP contribution in [0.4, 0.5) is 5.82 Å². The first-order chi connectivity index (χ1) is 6.99. The number of pyridine rings is 1. The van der Waals surface area contributed by atoms with E-state index in [1.807, 2.05) is 6.07 Å². The quantitative estimate of drug-likeness (QED) is 0.911. The summed E-state index contributed by atoms with van der Waals surface area (Å²) in [6.07, 6.45) is 3.04. The van der Waals surface area contributed by atoms with Gasteiger partial charge in [-0.1, -0.05) is 25.4 Å². The lowest BCUT2D eigenvalue weighted by atomic mass is 10.1. The monoisotopic (exact) mass is 288 g/mol. The molecule has 1 aliphatic carbocycles. The fourth-order valence-electron chi connectivity index (χ4n) is 1.69. The Morgan fingerprint density at radius 2 is 2.33 bits per heavy atom. The van der Waals surface area contributed by atoms with E-state index in [0.717, 1.165) is 22.8 Å². The summed E-state index contributed by atoms with van der Waals surface area (Å²) in [5.74, 6) is 1.53. The molecule has 1 unspecified atom stereocenters. The summed E-state index contributed by atoms with van der Waals surface area (Å²) >= 11 is 9.38. The first kappa shape index (κ1) is 11.2. The maximum absolute atomic E-state index is 6.05. The molecule has 1 atom stereocenters. The van der Waals surface area contributed by atoms with Crippen LogP contribution in [0, 0.1) is 11.3 Å². The van der Waals surface area contributed by atoms with E-state index in [1.54, 1.807) is 6.20 Å². The second-order valence-corrected chi connectivity index (χ2v) is 6.08. The molecule has 0 saturated heterocycles. The topological polar surface area (TPSA) is 24.9 Å². The average molecular weight is 290 g/mol.